The van der Waals surface area contributed by atoms with Gasteiger partial charge in [0.2, 0.25) is 0 Å². The molecule has 1 rings (SSSR count). The first-order chi connectivity index (χ1) is 8.95. The van der Waals surface area contributed by atoms with E-state index < -0.39 is 12.0 Å². The Hall–Kier alpha value is -2.24. The van der Waals surface area contributed by atoms with Crippen LogP contribution in [0.2, 0.25) is 0 Å². The second-order valence-electron chi connectivity index (χ2n) is 4.30. The highest BCUT2D eigenvalue weighted by Crippen LogP contribution is 2.18. The molecule has 1 aromatic carbocycles. The van der Waals surface area contributed by atoms with E-state index in [9.17, 15) is 9.59 Å². The normalized spacial score (nSPS) is 11.7. The molecule has 1 atom stereocenters. The van der Waals surface area contributed by atoms with Crippen molar-refractivity contribution >= 4 is 23.4 Å². The molecular formula is C13H19N3O3. The summed E-state index contributed by atoms with van der Waals surface area (Å²) >= 11 is 0. The van der Waals surface area contributed by atoms with Crippen LogP contribution in [-0.2, 0) is 4.79 Å². The number of carboxylic acid groups (broad SMARTS) is 1. The van der Waals surface area contributed by atoms with E-state index in [4.69, 9.17) is 10.8 Å². The van der Waals surface area contributed by atoms with Crippen molar-refractivity contribution in [2.24, 2.45) is 0 Å². The number of nitrogens with two attached hydrogens (primary N) is 1. The standard InChI is InChI=1S/C13H19N3O3/c1-3-9(2)16(8-12(17)18)13(19)15-11-7-5-4-6-10(11)14/h4-7,9H,3,8,14H2,1-2H3,(H,15,19)(H,17,18). The van der Waals surface area contributed by atoms with E-state index in [0.717, 1.165) is 0 Å². The number of carbonyl (C=O) groups excluding carboxylic acids is 1. The van der Waals surface area contributed by atoms with Gasteiger partial charge in [-0.25, -0.2) is 4.79 Å². The molecule has 19 heavy (non-hydrogen) atoms. The number of urea groups is 1. The van der Waals surface area contributed by atoms with Gasteiger partial charge in [-0.2, -0.15) is 0 Å². The molecule has 2 amide bonds. The van der Waals surface area contributed by atoms with Gasteiger partial charge in [0.1, 0.15) is 6.54 Å². The van der Waals surface area contributed by atoms with Crippen molar-refractivity contribution in [1.29, 1.82) is 0 Å². The number of amides is 2. The number of carbonyl (C=O) groups is 2. The Morgan fingerprint density at radius 3 is 2.58 bits per heavy atom. The number of hydrogen-bond acceptors (Lipinski definition) is 3. The molecule has 1 unspecified atom stereocenters. The zero-order valence-electron chi connectivity index (χ0n) is 11.1. The maximum absolute atomic E-state index is 12.1. The van der Waals surface area contributed by atoms with E-state index in [-0.39, 0.29) is 12.6 Å². The second-order valence-corrected chi connectivity index (χ2v) is 4.30. The van der Waals surface area contributed by atoms with Crippen LogP contribution in [0.3, 0.4) is 0 Å². The lowest BCUT2D eigenvalue weighted by Gasteiger charge is -2.27. The SMILES string of the molecule is CCC(C)N(CC(=O)O)C(=O)Nc1ccccc1N. The summed E-state index contributed by atoms with van der Waals surface area (Å²) in [5, 5.41) is 11.5. The Balaban J connectivity index is 2.82. The van der Waals surface area contributed by atoms with Crippen LogP contribution in [0, 0.1) is 0 Å². The molecule has 0 heterocycles. The third-order valence-electron chi connectivity index (χ3n) is 2.89. The van der Waals surface area contributed by atoms with E-state index in [1.54, 1.807) is 31.2 Å². The summed E-state index contributed by atoms with van der Waals surface area (Å²) in [4.78, 5) is 24.2. The van der Waals surface area contributed by atoms with Gasteiger partial charge >= 0.3 is 12.0 Å². The van der Waals surface area contributed by atoms with E-state index in [2.05, 4.69) is 5.32 Å². The molecule has 0 aliphatic heterocycles. The Kier molecular flexibility index (Phi) is 5.17. The molecule has 0 aliphatic carbocycles. The number of carboxylic acids is 1. The zero-order chi connectivity index (χ0) is 14.4. The van der Waals surface area contributed by atoms with Crippen LogP contribution in [0.5, 0.6) is 0 Å². The quantitative estimate of drug-likeness (QED) is 0.709. The van der Waals surface area contributed by atoms with Crippen molar-refractivity contribution in [3.05, 3.63) is 24.3 Å². The molecule has 104 valence electrons. The highest BCUT2D eigenvalue weighted by atomic mass is 16.4. The largest absolute Gasteiger partial charge is 0.480 e. The molecule has 6 nitrogen and oxygen atoms in total. The molecule has 0 bridgehead atoms. The number of para-hydroxylation sites is 2. The summed E-state index contributed by atoms with van der Waals surface area (Å²) in [6.07, 6.45) is 0.672. The number of anilines is 2. The second kappa shape index (κ2) is 6.63. The molecule has 0 saturated heterocycles. The molecule has 0 fully saturated rings. The number of aliphatic carboxylic acids is 1. The fourth-order valence-corrected chi connectivity index (χ4v) is 1.59. The Morgan fingerprint density at radius 2 is 2.05 bits per heavy atom. The minimum absolute atomic E-state index is 0.166. The Morgan fingerprint density at radius 1 is 1.42 bits per heavy atom. The molecule has 4 N–H and O–H groups in total. The highest BCUT2D eigenvalue weighted by Gasteiger charge is 2.21. The predicted octanol–water partition coefficient (Wildman–Crippen LogP) is 1.99. The predicted molar refractivity (Wildman–Crippen MR) is 74.0 cm³/mol. The van der Waals surface area contributed by atoms with Gasteiger partial charge in [0.15, 0.2) is 0 Å². The van der Waals surface area contributed by atoms with Crippen molar-refractivity contribution in [3.63, 3.8) is 0 Å². The van der Waals surface area contributed by atoms with E-state index >= 15 is 0 Å². The minimum atomic E-state index is -1.04. The van der Waals surface area contributed by atoms with Crippen molar-refractivity contribution in [2.75, 3.05) is 17.6 Å². The van der Waals surface area contributed by atoms with Gasteiger partial charge in [0, 0.05) is 6.04 Å². The molecular weight excluding hydrogens is 246 g/mol. The van der Waals surface area contributed by atoms with Gasteiger partial charge in [-0.3, -0.25) is 4.79 Å². The smallest absolute Gasteiger partial charge is 0.323 e. The van der Waals surface area contributed by atoms with Crippen LogP contribution in [0.15, 0.2) is 24.3 Å². The van der Waals surface area contributed by atoms with Gasteiger partial charge in [-0.1, -0.05) is 19.1 Å². The number of benzene rings is 1. The lowest BCUT2D eigenvalue weighted by atomic mass is 10.2. The minimum Gasteiger partial charge on any atom is -0.480 e. The van der Waals surface area contributed by atoms with Crippen LogP contribution in [-0.4, -0.2) is 34.6 Å². The van der Waals surface area contributed by atoms with Gasteiger partial charge in [-0.15, -0.1) is 0 Å². The fraction of sp³-hybridized carbons (Fsp3) is 0.385. The Bertz CT molecular complexity index is 462. The zero-order valence-corrected chi connectivity index (χ0v) is 11.1. The number of hydrogen-bond donors (Lipinski definition) is 3. The monoisotopic (exact) mass is 265 g/mol. The molecule has 1 aromatic rings. The molecule has 0 spiro atoms. The summed E-state index contributed by atoms with van der Waals surface area (Å²) in [7, 11) is 0. The third-order valence-corrected chi connectivity index (χ3v) is 2.89. The van der Waals surface area contributed by atoms with Gasteiger partial charge in [-0.05, 0) is 25.5 Å². The number of nitrogens with one attached hydrogen (secondary N) is 1. The first-order valence-electron chi connectivity index (χ1n) is 6.09. The summed E-state index contributed by atoms with van der Waals surface area (Å²) in [5.74, 6) is -1.04. The Labute approximate surface area is 112 Å². The number of rotatable bonds is 5. The number of nitrogen functional groups attached to an aromatic ring is 1. The molecule has 0 aliphatic rings. The first-order valence-corrected chi connectivity index (χ1v) is 6.09. The van der Waals surface area contributed by atoms with E-state index in [1.807, 2.05) is 6.92 Å². The number of nitrogens with zero attached hydrogens (tertiary/aromatic N) is 1. The van der Waals surface area contributed by atoms with Gasteiger partial charge in [0.05, 0.1) is 11.4 Å². The van der Waals surface area contributed by atoms with Crippen LogP contribution >= 0.6 is 0 Å². The average Bonchev–Trinajstić information content (AvgIpc) is 2.37. The summed E-state index contributed by atoms with van der Waals surface area (Å²) in [6, 6.07) is 6.21. The van der Waals surface area contributed by atoms with Crippen LogP contribution < -0.4 is 11.1 Å². The summed E-state index contributed by atoms with van der Waals surface area (Å²) in [5.41, 5.74) is 6.65. The maximum atomic E-state index is 12.1. The lowest BCUT2D eigenvalue weighted by Crippen LogP contribution is -2.44. The van der Waals surface area contributed by atoms with Crippen molar-refractivity contribution in [2.45, 2.75) is 26.3 Å². The van der Waals surface area contributed by atoms with Crippen LogP contribution in [0.25, 0.3) is 0 Å². The summed E-state index contributed by atoms with van der Waals surface area (Å²) in [6.45, 7) is 3.36. The van der Waals surface area contributed by atoms with Crippen molar-refractivity contribution in [3.8, 4) is 0 Å². The van der Waals surface area contributed by atoms with E-state index in [1.165, 1.54) is 4.90 Å². The molecule has 6 heteroatoms. The molecule has 0 aromatic heterocycles. The van der Waals surface area contributed by atoms with Gasteiger partial charge in [0.25, 0.3) is 0 Å². The third kappa shape index (κ3) is 4.17. The van der Waals surface area contributed by atoms with E-state index in [0.29, 0.717) is 17.8 Å². The topological polar surface area (TPSA) is 95.7 Å². The lowest BCUT2D eigenvalue weighted by molar-refractivity contribution is -0.138. The molecule has 0 radical (unpaired) electrons. The fourth-order valence-electron chi connectivity index (χ4n) is 1.59. The van der Waals surface area contributed by atoms with Crippen LogP contribution in [0.4, 0.5) is 16.2 Å². The van der Waals surface area contributed by atoms with Crippen molar-refractivity contribution < 1.29 is 14.7 Å². The summed E-state index contributed by atoms with van der Waals surface area (Å²) < 4.78 is 0. The average molecular weight is 265 g/mol. The first kappa shape index (κ1) is 14.8. The maximum Gasteiger partial charge on any atom is 0.323 e. The van der Waals surface area contributed by atoms with Gasteiger partial charge < -0.3 is 21.1 Å². The molecule has 0 saturated carbocycles. The highest BCUT2D eigenvalue weighted by molar-refractivity contribution is 5.94. The van der Waals surface area contributed by atoms with Crippen molar-refractivity contribution in [1.82, 2.24) is 4.90 Å². The van der Waals surface area contributed by atoms with Crippen LogP contribution in [0.1, 0.15) is 20.3 Å².